The van der Waals surface area contributed by atoms with Gasteiger partial charge in [-0.05, 0) is 47.0 Å². The van der Waals surface area contributed by atoms with Crippen LogP contribution in [-0.4, -0.2) is 9.97 Å². The molecule has 4 aromatic rings. The van der Waals surface area contributed by atoms with Gasteiger partial charge < -0.3 is 9.97 Å². The van der Waals surface area contributed by atoms with Gasteiger partial charge in [0.15, 0.2) is 0 Å². The Labute approximate surface area is 141 Å². The molecule has 1 aromatic heterocycles. The van der Waals surface area contributed by atoms with E-state index in [1.807, 2.05) is 36.4 Å². The maximum Gasteiger partial charge on any atom is 0.323 e. The summed E-state index contributed by atoms with van der Waals surface area (Å²) < 4.78 is 13.2. The number of H-pyrrole nitrogens is 2. The second-order valence-corrected chi connectivity index (χ2v) is 5.92. The van der Waals surface area contributed by atoms with Crippen LogP contribution in [0.1, 0.15) is 0 Å². The van der Waals surface area contributed by atoms with Gasteiger partial charge in [-0.1, -0.05) is 41.9 Å². The van der Waals surface area contributed by atoms with Crippen LogP contribution in [0.15, 0.2) is 65.5 Å². The number of imidazole rings is 1. The molecular formula is C19H12ClFN2O. The van der Waals surface area contributed by atoms with Crippen LogP contribution in [0.2, 0.25) is 5.02 Å². The van der Waals surface area contributed by atoms with Crippen molar-refractivity contribution >= 4 is 22.6 Å². The molecule has 1 heterocycles. The molecule has 118 valence electrons. The molecule has 0 amide bonds. The van der Waals surface area contributed by atoms with Crippen molar-refractivity contribution in [2.24, 2.45) is 0 Å². The summed E-state index contributed by atoms with van der Waals surface area (Å²) in [5.41, 5.74) is 4.69. The minimum absolute atomic E-state index is 0.250. The average Bonchev–Trinajstić information content (AvgIpc) is 2.94. The SMILES string of the molecule is O=c1[nH]c2ccc(-c3c(Cl)cccc3-c3ccc(F)cc3)cc2[nH]1. The first-order chi connectivity index (χ1) is 11.6. The molecule has 3 nitrogen and oxygen atoms in total. The van der Waals surface area contributed by atoms with Crippen molar-refractivity contribution in [2.45, 2.75) is 0 Å². The van der Waals surface area contributed by atoms with Crippen molar-refractivity contribution in [1.82, 2.24) is 9.97 Å². The number of fused-ring (bicyclic) bond motifs is 1. The van der Waals surface area contributed by atoms with Gasteiger partial charge in [0.2, 0.25) is 0 Å². The summed E-state index contributed by atoms with van der Waals surface area (Å²) in [7, 11) is 0. The molecule has 0 spiro atoms. The fourth-order valence-electron chi connectivity index (χ4n) is 2.88. The zero-order valence-electron chi connectivity index (χ0n) is 12.4. The maximum absolute atomic E-state index is 13.2. The van der Waals surface area contributed by atoms with Gasteiger partial charge in [-0.2, -0.15) is 0 Å². The van der Waals surface area contributed by atoms with Crippen molar-refractivity contribution in [2.75, 3.05) is 0 Å². The Hall–Kier alpha value is -2.85. The fraction of sp³-hybridized carbons (Fsp3) is 0. The van der Waals surface area contributed by atoms with E-state index in [9.17, 15) is 9.18 Å². The monoisotopic (exact) mass is 338 g/mol. The third-order valence-corrected chi connectivity index (χ3v) is 4.29. The van der Waals surface area contributed by atoms with Gasteiger partial charge in [0.05, 0.1) is 11.0 Å². The lowest BCUT2D eigenvalue weighted by atomic mass is 9.94. The molecule has 0 saturated carbocycles. The van der Waals surface area contributed by atoms with Crippen LogP contribution in [0.5, 0.6) is 0 Å². The molecule has 0 fully saturated rings. The fourth-order valence-corrected chi connectivity index (χ4v) is 3.16. The standard InChI is InChI=1S/C19H12ClFN2O/c20-15-3-1-2-14(11-4-7-13(21)8-5-11)18(15)12-6-9-16-17(10-12)23-19(24)22-16/h1-10H,(H2,22,23,24). The molecule has 3 aromatic carbocycles. The summed E-state index contributed by atoms with van der Waals surface area (Å²) in [6.45, 7) is 0. The van der Waals surface area contributed by atoms with Crippen molar-refractivity contribution in [3.8, 4) is 22.3 Å². The number of hydrogen-bond donors (Lipinski definition) is 2. The van der Waals surface area contributed by atoms with Crippen molar-refractivity contribution in [1.29, 1.82) is 0 Å². The van der Waals surface area contributed by atoms with E-state index in [0.29, 0.717) is 10.5 Å². The zero-order valence-corrected chi connectivity index (χ0v) is 13.2. The van der Waals surface area contributed by atoms with Crippen LogP contribution in [0, 0.1) is 5.82 Å². The number of nitrogens with one attached hydrogen (secondary N) is 2. The number of aromatic amines is 2. The van der Waals surface area contributed by atoms with E-state index in [-0.39, 0.29) is 11.5 Å². The highest BCUT2D eigenvalue weighted by Crippen LogP contribution is 2.38. The molecule has 0 aliphatic heterocycles. The highest BCUT2D eigenvalue weighted by atomic mass is 35.5. The van der Waals surface area contributed by atoms with Crippen LogP contribution in [-0.2, 0) is 0 Å². The molecule has 0 aliphatic rings. The van der Waals surface area contributed by atoms with Gasteiger partial charge in [0, 0.05) is 10.6 Å². The van der Waals surface area contributed by atoms with Crippen LogP contribution in [0.25, 0.3) is 33.3 Å². The lowest BCUT2D eigenvalue weighted by Gasteiger charge is -2.12. The molecule has 24 heavy (non-hydrogen) atoms. The van der Waals surface area contributed by atoms with Crippen LogP contribution in [0.4, 0.5) is 4.39 Å². The van der Waals surface area contributed by atoms with Crippen LogP contribution >= 0.6 is 11.6 Å². The number of halogens is 2. The Morgan fingerprint density at radius 3 is 2.33 bits per heavy atom. The molecule has 5 heteroatoms. The smallest absolute Gasteiger partial charge is 0.306 e. The van der Waals surface area contributed by atoms with Crippen molar-refractivity contribution in [3.63, 3.8) is 0 Å². The lowest BCUT2D eigenvalue weighted by molar-refractivity contribution is 0.628. The summed E-state index contributed by atoms with van der Waals surface area (Å²) in [6, 6.07) is 17.5. The van der Waals surface area contributed by atoms with E-state index in [4.69, 9.17) is 11.6 Å². The Kier molecular flexibility index (Phi) is 3.47. The van der Waals surface area contributed by atoms with Gasteiger partial charge in [0.1, 0.15) is 5.82 Å². The minimum atomic E-state index is -0.284. The zero-order chi connectivity index (χ0) is 16.7. The summed E-state index contributed by atoms with van der Waals surface area (Å²) in [4.78, 5) is 16.9. The summed E-state index contributed by atoms with van der Waals surface area (Å²) in [5, 5.41) is 0.592. The molecule has 0 bridgehead atoms. The van der Waals surface area contributed by atoms with Gasteiger partial charge in [-0.25, -0.2) is 9.18 Å². The predicted molar refractivity (Wildman–Crippen MR) is 94.8 cm³/mol. The van der Waals surface area contributed by atoms with Gasteiger partial charge in [0.25, 0.3) is 0 Å². The van der Waals surface area contributed by atoms with E-state index in [1.165, 1.54) is 12.1 Å². The highest BCUT2D eigenvalue weighted by Gasteiger charge is 2.12. The Bertz CT molecular complexity index is 1100. The van der Waals surface area contributed by atoms with Gasteiger partial charge in [-0.3, -0.25) is 0 Å². The van der Waals surface area contributed by atoms with Crippen LogP contribution < -0.4 is 5.69 Å². The van der Waals surface area contributed by atoms with Crippen molar-refractivity contribution in [3.05, 3.63) is 82.0 Å². The first-order valence-corrected chi connectivity index (χ1v) is 7.76. The predicted octanol–water partition coefficient (Wildman–Crippen LogP) is 4.98. The van der Waals surface area contributed by atoms with E-state index in [2.05, 4.69) is 9.97 Å². The lowest BCUT2D eigenvalue weighted by Crippen LogP contribution is -1.99. The molecular weight excluding hydrogens is 327 g/mol. The summed E-state index contributed by atoms with van der Waals surface area (Å²) in [5.74, 6) is -0.284. The molecule has 0 atom stereocenters. The highest BCUT2D eigenvalue weighted by molar-refractivity contribution is 6.34. The average molecular weight is 339 g/mol. The van der Waals surface area contributed by atoms with E-state index < -0.39 is 0 Å². The third kappa shape index (κ3) is 2.51. The second-order valence-electron chi connectivity index (χ2n) is 5.51. The Morgan fingerprint density at radius 2 is 1.54 bits per heavy atom. The summed E-state index contributed by atoms with van der Waals surface area (Å²) in [6.07, 6.45) is 0. The molecule has 0 unspecified atom stereocenters. The topological polar surface area (TPSA) is 48.6 Å². The third-order valence-electron chi connectivity index (χ3n) is 3.97. The van der Waals surface area contributed by atoms with Gasteiger partial charge in [-0.15, -0.1) is 0 Å². The normalized spacial score (nSPS) is 11.1. The number of benzene rings is 3. The second kappa shape index (κ2) is 5.65. The van der Waals surface area contributed by atoms with Crippen LogP contribution in [0.3, 0.4) is 0 Å². The minimum Gasteiger partial charge on any atom is -0.306 e. The molecule has 0 aliphatic carbocycles. The Balaban J connectivity index is 1.96. The molecule has 0 radical (unpaired) electrons. The Morgan fingerprint density at radius 1 is 0.833 bits per heavy atom. The van der Waals surface area contributed by atoms with E-state index in [0.717, 1.165) is 27.8 Å². The quantitative estimate of drug-likeness (QED) is 0.532. The number of rotatable bonds is 2. The molecule has 4 rings (SSSR count). The largest absolute Gasteiger partial charge is 0.323 e. The summed E-state index contributed by atoms with van der Waals surface area (Å²) >= 11 is 6.45. The maximum atomic E-state index is 13.2. The van der Waals surface area contributed by atoms with Crippen molar-refractivity contribution < 1.29 is 4.39 Å². The first kappa shape index (κ1) is 14.7. The van der Waals surface area contributed by atoms with E-state index in [1.54, 1.807) is 12.1 Å². The number of hydrogen-bond acceptors (Lipinski definition) is 1. The molecule has 2 N–H and O–H groups in total. The number of aromatic nitrogens is 2. The van der Waals surface area contributed by atoms with E-state index >= 15 is 0 Å². The first-order valence-electron chi connectivity index (χ1n) is 7.39. The molecule has 0 saturated heterocycles. The van der Waals surface area contributed by atoms with Gasteiger partial charge >= 0.3 is 5.69 Å².